The Bertz CT molecular complexity index is 587. The summed E-state index contributed by atoms with van der Waals surface area (Å²) in [6.45, 7) is 0.170. The molecule has 104 valence electrons. The van der Waals surface area contributed by atoms with Crippen molar-refractivity contribution in [3.05, 3.63) is 34.9 Å². The minimum absolute atomic E-state index is 0.0986. The molecule has 0 bridgehead atoms. The number of benzene rings is 1. The Kier molecular flexibility index (Phi) is 4.13. The van der Waals surface area contributed by atoms with Gasteiger partial charge in [-0.1, -0.05) is 29.8 Å². The summed E-state index contributed by atoms with van der Waals surface area (Å²) in [6, 6.07) is 6.73. The summed E-state index contributed by atoms with van der Waals surface area (Å²) in [6.07, 6.45) is 0.532. The van der Waals surface area contributed by atoms with Crippen LogP contribution in [0, 0.1) is 11.8 Å². The third kappa shape index (κ3) is 3.92. The van der Waals surface area contributed by atoms with Gasteiger partial charge in [0.1, 0.15) is 0 Å². The zero-order chi connectivity index (χ0) is 14.0. The number of halogens is 1. The van der Waals surface area contributed by atoms with Crippen molar-refractivity contribution in [2.45, 2.75) is 12.2 Å². The van der Waals surface area contributed by atoms with Crippen LogP contribution in [0.25, 0.3) is 0 Å². The summed E-state index contributed by atoms with van der Waals surface area (Å²) in [5.41, 5.74) is 0.530. The van der Waals surface area contributed by atoms with Gasteiger partial charge < -0.3 is 5.11 Å². The van der Waals surface area contributed by atoms with Gasteiger partial charge in [0.15, 0.2) is 0 Å². The van der Waals surface area contributed by atoms with Crippen molar-refractivity contribution in [1.82, 2.24) is 4.72 Å². The normalized spacial score (nSPS) is 22.2. The molecule has 1 aromatic carbocycles. The summed E-state index contributed by atoms with van der Waals surface area (Å²) in [7, 11) is -3.49. The van der Waals surface area contributed by atoms with Crippen LogP contribution in [0.4, 0.5) is 0 Å². The number of hydrogen-bond acceptors (Lipinski definition) is 3. The van der Waals surface area contributed by atoms with E-state index in [1.54, 1.807) is 24.3 Å². The van der Waals surface area contributed by atoms with Gasteiger partial charge in [-0.2, -0.15) is 0 Å². The zero-order valence-corrected chi connectivity index (χ0v) is 11.6. The molecular weight excluding hydrogens is 290 g/mol. The Morgan fingerprint density at radius 2 is 2.11 bits per heavy atom. The lowest BCUT2D eigenvalue weighted by atomic mass is 10.2. The predicted octanol–water partition coefficient (Wildman–Crippen LogP) is 1.48. The van der Waals surface area contributed by atoms with Crippen LogP contribution in [0.15, 0.2) is 24.3 Å². The average molecular weight is 304 g/mol. The lowest BCUT2D eigenvalue weighted by Gasteiger charge is -2.07. The van der Waals surface area contributed by atoms with Gasteiger partial charge in [-0.15, -0.1) is 0 Å². The molecule has 1 fully saturated rings. The van der Waals surface area contributed by atoms with Gasteiger partial charge in [-0.3, -0.25) is 4.79 Å². The first kappa shape index (κ1) is 14.3. The number of rotatable bonds is 6. The average Bonchev–Trinajstić information content (AvgIpc) is 3.09. The Morgan fingerprint density at radius 1 is 1.42 bits per heavy atom. The standard InChI is InChI=1S/C12H14ClNO4S/c13-11-4-2-1-3-8(11)7-19(17,18)14-6-9-5-10(9)12(15)16/h1-4,9-10,14H,5-7H2,(H,15,16)/t9-,10-/m1/s1. The van der Waals surface area contributed by atoms with Crippen LogP contribution in [-0.2, 0) is 20.6 Å². The van der Waals surface area contributed by atoms with E-state index in [4.69, 9.17) is 16.7 Å². The number of sulfonamides is 1. The maximum Gasteiger partial charge on any atom is 0.306 e. The van der Waals surface area contributed by atoms with Crippen molar-refractivity contribution in [1.29, 1.82) is 0 Å². The van der Waals surface area contributed by atoms with Gasteiger partial charge in [0, 0.05) is 11.6 Å². The molecule has 0 unspecified atom stereocenters. The van der Waals surface area contributed by atoms with E-state index < -0.39 is 21.9 Å². The molecule has 0 saturated heterocycles. The second kappa shape index (κ2) is 5.48. The van der Waals surface area contributed by atoms with Gasteiger partial charge in [0.2, 0.25) is 10.0 Å². The maximum atomic E-state index is 11.8. The van der Waals surface area contributed by atoms with E-state index in [1.807, 2.05) is 0 Å². The van der Waals surface area contributed by atoms with Crippen LogP contribution in [0.5, 0.6) is 0 Å². The Labute approximate surface area is 116 Å². The molecule has 0 aliphatic heterocycles. The van der Waals surface area contributed by atoms with Crippen molar-refractivity contribution in [3.8, 4) is 0 Å². The first-order valence-corrected chi connectivity index (χ1v) is 7.85. The summed E-state index contributed by atoms with van der Waals surface area (Å²) >= 11 is 5.90. The first-order valence-electron chi connectivity index (χ1n) is 5.82. The first-order chi connectivity index (χ1) is 8.89. The van der Waals surface area contributed by atoms with E-state index in [2.05, 4.69) is 4.72 Å². The number of carboxylic acid groups (broad SMARTS) is 1. The van der Waals surface area contributed by atoms with Crippen LogP contribution in [-0.4, -0.2) is 26.0 Å². The monoisotopic (exact) mass is 303 g/mol. The van der Waals surface area contributed by atoms with Crippen LogP contribution in [0.2, 0.25) is 5.02 Å². The third-order valence-corrected chi connectivity index (χ3v) is 4.77. The second-order valence-corrected chi connectivity index (χ2v) is 6.85. The molecule has 1 aliphatic rings. The molecule has 1 aliphatic carbocycles. The molecule has 0 heterocycles. The molecule has 2 rings (SSSR count). The largest absolute Gasteiger partial charge is 0.481 e. The predicted molar refractivity (Wildman–Crippen MR) is 71.3 cm³/mol. The third-order valence-electron chi connectivity index (χ3n) is 3.11. The fourth-order valence-electron chi connectivity index (χ4n) is 1.88. The second-order valence-electron chi connectivity index (χ2n) is 4.64. The van der Waals surface area contributed by atoms with Crippen molar-refractivity contribution >= 4 is 27.6 Å². The van der Waals surface area contributed by atoms with E-state index >= 15 is 0 Å². The molecule has 0 radical (unpaired) electrons. The van der Waals surface area contributed by atoms with Crippen LogP contribution in [0.1, 0.15) is 12.0 Å². The molecule has 1 aromatic rings. The van der Waals surface area contributed by atoms with E-state index in [-0.39, 0.29) is 18.2 Å². The van der Waals surface area contributed by atoms with Crippen LogP contribution >= 0.6 is 11.6 Å². The van der Waals surface area contributed by atoms with Crippen molar-refractivity contribution in [3.63, 3.8) is 0 Å². The van der Waals surface area contributed by atoms with Crippen LogP contribution in [0.3, 0.4) is 0 Å². The minimum Gasteiger partial charge on any atom is -0.481 e. The van der Waals surface area contributed by atoms with E-state index in [9.17, 15) is 13.2 Å². The van der Waals surface area contributed by atoms with E-state index in [0.717, 1.165) is 0 Å². The van der Waals surface area contributed by atoms with Gasteiger partial charge in [-0.25, -0.2) is 13.1 Å². The van der Waals surface area contributed by atoms with Crippen LogP contribution < -0.4 is 4.72 Å². The topological polar surface area (TPSA) is 83.5 Å². The summed E-state index contributed by atoms with van der Waals surface area (Å²) < 4.78 is 26.1. The maximum absolute atomic E-state index is 11.8. The molecule has 0 spiro atoms. The molecule has 2 N–H and O–H groups in total. The lowest BCUT2D eigenvalue weighted by Crippen LogP contribution is -2.28. The summed E-state index contributed by atoms with van der Waals surface area (Å²) in [5, 5.41) is 9.14. The smallest absolute Gasteiger partial charge is 0.306 e. The highest BCUT2D eigenvalue weighted by molar-refractivity contribution is 7.88. The quantitative estimate of drug-likeness (QED) is 0.834. The fourth-order valence-corrected chi connectivity index (χ4v) is 3.39. The molecular formula is C12H14ClNO4S. The van der Waals surface area contributed by atoms with Crippen molar-refractivity contribution < 1.29 is 18.3 Å². The highest BCUT2D eigenvalue weighted by Crippen LogP contribution is 2.38. The number of carbonyl (C=O) groups is 1. The fraction of sp³-hybridized carbons (Fsp3) is 0.417. The van der Waals surface area contributed by atoms with Gasteiger partial charge >= 0.3 is 5.97 Å². The number of aliphatic carboxylic acids is 1. The van der Waals surface area contributed by atoms with Crippen molar-refractivity contribution in [2.24, 2.45) is 11.8 Å². The molecule has 0 amide bonds. The highest BCUT2D eigenvalue weighted by atomic mass is 35.5. The molecule has 19 heavy (non-hydrogen) atoms. The van der Waals surface area contributed by atoms with Gasteiger partial charge in [0.25, 0.3) is 0 Å². The lowest BCUT2D eigenvalue weighted by molar-refractivity contribution is -0.138. The number of nitrogens with one attached hydrogen (secondary N) is 1. The van der Waals surface area contributed by atoms with E-state index in [0.29, 0.717) is 17.0 Å². The highest BCUT2D eigenvalue weighted by Gasteiger charge is 2.43. The molecule has 5 nitrogen and oxygen atoms in total. The molecule has 7 heteroatoms. The van der Waals surface area contributed by atoms with Gasteiger partial charge in [-0.05, 0) is 24.0 Å². The van der Waals surface area contributed by atoms with Gasteiger partial charge in [0.05, 0.1) is 11.7 Å². The molecule has 0 aromatic heterocycles. The number of carboxylic acids is 1. The Morgan fingerprint density at radius 3 is 2.68 bits per heavy atom. The SMILES string of the molecule is O=C(O)[C@@H]1C[C@@H]1CNS(=O)(=O)Cc1ccccc1Cl. The zero-order valence-electron chi connectivity index (χ0n) is 10.0. The van der Waals surface area contributed by atoms with E-state index in [1.165, 1.54) is 0 Å². The summed E-state index contributed by atoms with van der Waals surface area (Å²) in [5.74, 6) is -1.58. The summed E-state index contributed by atoms with van der Waals surface area (Å²) in [4.78, 5) is 10.6. The van der Waals surface area contributed by atoms with Crippen molar-refractivity contribution in [2.75, 3.05) is 6.54 Å². The number of hydrogen-bond donors (Lipinski definition) is 2. The Balaban J connectivity index is 1.90. The Hall–Kier alpha value is -1.11. The minimum atomic E-state index is -3.49. The molecule has 1 saturated carbocycles. The molecule has 2 atom stereocenters.